The number of carbonyl (C=O) groups is 1. The molecule has 1 rings (SSSR count). The van der Waals surface area contributed by atoms with Crippen LogP contribution in [0.3, 0.4) is 0 Å². The van der Waals surface area contributed by atoms with Gasteiger partial charge in [0.1, 0.15) is 11.4 Å². The second kappa shape index (κ2) is 5.66. The molecule has 17 heavy (non-hydrogen) atoms. The predicted octanol–water partition coefficient (Wildman–Crippen LogP) is 2.97. The lowest BCUT2D eigenvalue weighted by atomic mass is 9.96. The molecule has 1 N–H and O–H groups in total. The highest BCUT2D eigenvalue weighted by Gasteiger charge is 2.33. The molecule has 1 aromatic carbocycles. The number of carbonyl (C=O) groups excluding carboxylic acids is 1. The Balaban J connectivity index is 2.90. The zero-order valence-corrected chi connectivity index (χ0v) is 10.4. The number of anilines is 1. The number of hydrogen-bond acceptors (Lipinski definition) is 3. The van der Waals surface area contributed by atoms with Gasteiger partial charge in [-0.05, 0) is 31.5 Å². The van der Waals surface area contributed by atoms with Crippen LogP contribution in [-0.4, -0.2) is 18.6 Å². The predicted molar refractivity (Wildman–Crippen MR) is 65.4 cm³/mol. The van der Waals surface area contributed by atoms with Crippen LogP contribution in [0, 0.1) is 5.82 Å². The Morgan fingerprint density at radius 1 is 1.53 bits per heavy atom. The third-order valence-electron chi connectivity index (χ3n) is 2.63. The molecule has 0 aliphatic carbocycles. The van der Waals surface area contributed by atoms with Crippen LogP contribution in [0.15, 0.2) is 24.3 Å². The molecular formula is C13H18FNO2. The van der Waals surface area contributed by atoms with Gasteiger partial charge in [-0.15, -0.1) is 0 Å². The summed E-state index contributed by atoms with van der Waals surface area (Å²) in [6, 6.07) is 6.04. The first-order valence-electron chi connectivity index (χ1n) is 5.64. The fraction of sp³-hybridized carbons (Fsp3) is 0.462. The number of esters is 1. The summed E-state index contributed by atoms with van der Waals surface area (Å²) >= 11 is 0. The number of hydrogen-bond donors (Lipinski definition) is 1. The molecule has 0 aromatic heterocycles. The van der Waals surface area contributed by atoms with Gasteiger partial charge in [-0.3, -0.25) is 0 Å². The van der Waals surface area contributed by atoms with Crippen LogP contribution in [0.25, 0.3) is 0 Å². The Kier molecular flexibility index (Phi) is 4.49. The van der Waals surface area contributed by atoms with Gasteiger partial charge in [-0.1, -0.05) is 19.4 Å². The average Bonchev–Trinajstić information content (AvgIpc) is 2.28. The van der Waals surface area contributed by atoms with E-state index in [9.17, 15) is 9.18 Å². The normalized spacial score (nSPS) is 13.9. The van der Waals surface area contributed by atoms with Crippen molar-refractivity contribution in [3.63, 3.8) is 0 Å². The first-order chi connectivity index (χ1) is 8.01. The van der Waals surface area contributed by atoms with Gasteiger partial charge in [-0.2, -0.15) is 0 Å². The minimum atomic E-state index is -0.822. The first-order valence-corrected chi connectivity index (χ1v) is 5.64. The second-order valence-electron chi connectivity index (χ2n) is 4.21. The van der Waals surface area contributed by atoms with Gasteiger partial charge in [0.2, 0.25) is 0 Å². The van der Waals surface area contributed by atoms with E-state index in [0.717, 1.165) is 6.42 Å². The SMILES string of the molecule is CCCC(C)(Nc1cccc(F)c1)C(=O)OC. The van der Waals surface area contributed by atoms with Crippen molar-refractivity contribution in [3.05, 3.63) is 30.1 Å². The van der Waals surface area contributed by atoms with Gasteiger partial charge in [0, 0.05) is 5.69 Å². The highest BCUT2D eigenvalue weighted by atomic mass is 19.1. The summed E-state index contributed by atoms with van der Waals surface area (Å²) in [5.41, 5.74) is -0.247. The van der Waals surface area contributed by atoms with E-state index < -0.39 is 5.54 Å². The van der Waals surface area contributed by atoms with Crippen molar-refractivity contribution in [1.82, 2.24) is 0 Å². The van der Waals surface area contributed by atoms with E-state index in [4.69, 9.17) is 4.74 Å². The summed E-state index contributed by atoms with van der Waals surface area (Å²) < 4.78 is 17.8. The van der Waals surface area contributed by atoms with Crippen molar-refractivity contribution >= 4 is 11.7 Å². The Morgan fingerprint density at radius 3 is 2.76 bits per heavy atom. The van der Waals surface area contributed by atoms with Crippen molar-refractivity contribution in [2.75, 3.05) is 12.4 Å². The quantitative estimate of drug-likeness (QED) is 0.803. The summed E-state index contributed by atoms with van der Waals surface area (Å²) in [4.78, 5) is 11.7. The van der Waals surface area contributed by atoms with E-state index in [-0.39, 0.29) is 11.8 Å². The molecule has 1 atom stereocenters. The zero-order chi connectivity index (χ0) is 12.9. The lowest BCUT2D eigenvalue weighted by Crippen LogP contribution is -2.44. The molecule has 94 valence electrons. The van der Waals surface area contributed by atoms with Crippen LogP contribution in [-0.2, 0) is 9.53 Å². The summed E-state index contributed by atoms with van der Waals surface area (Å²) in [5.74, 6) is -0.678. The molecule has 0 aliphatic rings. The van der Waals surface area contributed by atoms with Gasteiger partial charge >= 0.3 is 5.97 Å². The third kappa shape index (κ3) is 3.44. The van der Waals surface area contributed by atoms with E-state index in [1.807, 2.05) is 6.92 Å². The molecule has 0 spiro atoms. The molecule has 4 heteroatoms. The van der Waals surface area contributed by atoms with Crippen molar-refractivity contribution in [3.8, 4) is 0 Å². The molecule has 0 aliphatic heterocycles. The molecule has 3 nitrogen and oxygen atoms in total. The molecule has 0 saturated heterocycles. The first kappa shape index (κ1) is 13.5. The number of rotatable bonds is 5. The summed E-state index contributed by atoms with van der Waals surface area (Å²) in [7, 11) is 1.35. The molecule has 0 saturated carbocycles. The Labute approximate surface area is 101 Å². The number of ether oxygens (including phenoxy) is 1. The molecule has 0 bridgehead atoms. The highest BCUT2D eigenvalue weighted by molar-refractivity contribution is 5.83. The monoisotopic (exact) mass is 239 g/mol. The maximum Gasteiger partial charge on any atom is 0.331 e. The van der Waals surface area contributed by atoms with Gasteiger partial charge in [0.05, 0.1) is 7.11 Å². The summed E-state index contributed by atoms with van der Waals surface area (Å²) in [6.07, 6.45) is 1.45. The van der Waals surface area contributed by atoms with Crippen LogP contribution in [0.5, 0.6) is 0 Å². The van der Waals surface area contributed by atoms with Gasteiger partial charge in [0.25, 0.3) is 0 Å². The lowest BCUT2D eigenvalue weighted by Gasteiger charge is -2.28. The highest BCUT2D eigenvalue weighted by Crippen LogP contribution is 2.22. The van der Waals surface area contributed by atoms with Crippen LogP contribution >= 0.6 is 0 Å². The molecule has 1 unspecified atom stereocenters. The number of nitrogens with one attached hydrogen (secondary N) is 1. The Hall–Kier alpha value is -1.58. The molecule has 0 fully saturated rings. The number of benzene rings is 1. The largest absolute Gasteiger partial charge is 0.467 e. The van der Waals surface area contributed by atoms with E-state index in [2.05, 4.69) is 5.32 Å². The Bertz CT molecular complexity index is 395. The zero-order valence-electron chi connectivity index (χ0n) is 10.4. The van der Waals surface area contributed by atoms with E-state index in [1.54, 1.807) is 19.1 Å². The van der Waals surface area contributed by atoms with E-state index >= 15 is 0 Å². The maximum atomic E-state index is 13.1. The molecular weight excluding hydrogens is 221 g/mol. The van der Waals surface area contributed by atoms with Crippen LogP contribution in [0.2, 0.25) is 0 Å². The minimum Gasteiger partial charge on any atom is -0.467 e. The molecule has 0 amide bonds. The van der Waals surface area contributed by atoms with E-state index in [0.29, 0.717) is 12.1 Å². The number of methoxy groups -OCH3 is 1. The van der Waals surface area contributed by atoms with Crippen LogP contribution in [0.1, 0.15) is 26.7 Å². The fourth-order valence-electron chi connectivity index (χ4n) is 1.83. The van der Waals surface area contributed by atoms with Gasteiger partial charge < -0.3 is 10.1 Å². The Morgan fingerprint density at radius 2 is 2.24 bits per heavy atom. The average molecular weight is 239 g/mol. The van der Waals surface area contributed by atoms with Crippen LogP contribution in [0.4, 0.5) is 10.1 Å². The van der Waals surface area contributed by atoms with Crippen molar-refractivity contribution in [1.29, 1.82) is 0 Å². The minimum absolute atomic E-state index is 0.335. The van der Waals surface area contributed by atoms with E-state index in [1.165, 1.54) is 19.2 Å². The van der Waals surface area contributed by atoms with Gasteiger partial charge in [-0.25, -0.2) is 9.18 Å². The van der Waals surface area contributed by atoms with Crippen molar-refractivity contribution < 1.29 is 13.9 Å². The fourth-order valence-corrected chi connectivity index (χ4v) is 1.83. The number of halogens is 1. The van der Waals surface area contributed by atoms with Crippen LogP contribution < -0.4 is 5.32 Å². The standard InChI is InChI=1S/C13H18FNO2/c1-4-8-13(2,12(16)17-3)15-11-7-5-6-10(14)9-11/h5-7,9,15H,4,8H2,1-3H3. The second-order valence-corrected chi connectivity index (χ2v) is 4.21. The van der Waals surface area contributed by atoms with Crippen molar-refractivity contribution in [2.45, 2.75) is 32.2 Å². The molecule has 0 radical (unpaired) electrons. The third-order valence-corrected chi connectivity index (χ3v) is 2.63. The van der Waals surface area contributed by atoms with Crippen molar-refractivity contribution in [2.24, 2.45) is 0 Å². The molecule has 0 heterocycles. The molecule has 1 aromatic rings. The van der Waals surface area contributed by atoms with Gasteiger partial charge in [0.15, 0.2) is 0 Å². The lowest BCUT2D eigenvalue weighted by molar-refractivity contribution is -0.145. The summed E-state index contributed by atoms with van der Waals surface area (Å²) in [5, 5.41) is 3.03. The summed E-state index contributed by atoms with van der Waals surface area (Å²) in [6.45, 7) is 3.74. The topological polar surface area (TPSA) is 38.3 Å². The maximum absolute atomic E-state index is 13.1. The smallest absolute Gasteiger partial charge is 0.331 e.